The summed E-state index contributed by atoms with van der Waals surface area (Å²) in [7, 11) is 3.87. The van der Waals surface area contributed by atoms with Gasteiger partial charge in [-0.3, -0.25) is 10.2 Å². The van der Waals surface area contributed by atoms with Crippen molar-refractivity contribution in [1.82, 2.24) is 10.9 Å². The first kappa shape index (κ1) is 12.8. The third-order valence-electron chi connectivity index (χ3n) is 1.99. The SMILES string of the molecule is CC(=O)NNC(=O)Nc1ccc(N(C)C)cc1. The Hall–Kier alpha value is -2.24. The number of urea groups is 1. The Morgan fingerprint density at radius 2 is 1.65 bits per heavy atom. The molecule has 0 aliphatic heterocycles. The summed E-state index contributed by atoms with van der Waals surface area (Å²) in [4.78, 5) is 23.8. The van der Waals surface area contributed by atoms with E-state index >= 15 is 0 Å². The maximum Gasteiger partial charge on any atom is 0.337 e. The van der Waals surface area contributed by atoms with Gasteiger partial charge in [-0.25, -0.2) is 10.2 Å². The number of rotatable bonds is 2. The fourth-order valence-electron chi connectivity index (χ4n) is 1.15. The Morgan fingerprint density at radius 3 is 2.12 bits per heavy atom. The minimum atomic E-state index is -0.488. The number of hydrogen-bond acceptors (Lipinski definition) is 3. The van der Waals surface area contributed by atoms with Crippen LogP contribution in [0.4, 0.5) is 16.2 Å². The van der Waals surface area contributed by atoms with Crippen molar-refractivity contribution in [3.63, 3.8) is 0 Å². The van der Waals surface area contributed by atoms with Gasteiger partial charge in [-0.05, 0) is 24.3 Å². The van der Waals surface area contributed by atoms with E-state index < -0.39 is 6.03 Å². The summed E-state index contributed by atoms with van der Waals surface area (Å²) in [6.07, 6.45) is 0. The molecule has 1 rings (SSSR count). The predicted octanol–water partition coefficient (Wildman–Crippen LogP) is 0.925. The van der Waals surface area contributed by atoms with Gasteiger partial charge in [0, 0.05) is 32.4 Å². The van der Waals surface area contributed by atoms with Crippen LogP contribution in [-0.2, 0) is 4.79 Å². The number of carbonyl (C=O) groups is 2. The van der Waals surface area contributed by atoms with Crippen LogP contribution in [0.25, 0.3) is 0 Å². The van der Waals surface area contributed by atoms with Crippen LogP contribution in [-0.4, -0.2) is 26.0 Å². The molecule has 1 aromatic rings. The Kier molecular flexibility index (Phi) is 4.33. The zero-order valence-corrected chi connectivity index (χ0v) is 10.1. The van der Waals surface area contributed by atoms with Crippen molar-refractivity contribution in [3.8, 4) is 0 Å². The van der Waals surface area contributed by atoms with Crippen LogP contribution in [0.1, 0.15) is 6.92 Å². The second-order valence-corrected chi connectivity index (χ2v) is 3.70. The third kappa shape index (κ3) is 4.42. The van der Waals surface area contributed by atoms with Gasteiger partial charge in [0.25, 0.3) is 0 Å². The lowest BCUT2D eigenvalue weighted by atomic mass is 10.2. The van der Waals surface area contributed by atoms with Crippen LogP contribution in [0.3, 0.4) is 0 Å². The lowest BCUT2D eigenvalue weighted by Gasteiger charge is -2.13. The molecule has 6 nitrogen and oxygen atoms in total. The molecule has 0 saturated carbocycles. The van der Waals surface area contributed by atoms with Crippen molar-refractivity contribution in [2.45, 2.75) is 6.92 Å². The van der Waals surface area contributed by atoms with Crippen molar-refractivity contribution in [3.05, 3.63) is 24.3 Å². The average Bonchev–Trinajstić information content (AvgIpc) is 2.27. The number of anilines is 2. The fourth-order valence-corrected chi connectivity index (χ4v) is 1.15. The topological polar surface area (TPSA) is 73.5 Å². The second-order valence-electron chi connectivity index (χ2n) is 3.70. The van der Waals surface area contributed by atoms with Crippen LogP contribution in [0, 0.1) is 0 Å². The van der Waals surface area contributed by atoms with E-state index in [1.807, 2.05) is 31.1 Å². The largest absolute Gasteiger partial charge is 0.378 e. The highest BCUT2D eigenvalue weighted by Gasteiger charge is 2.02. The van der Waals surface area contributed by atoms with Crippen molar-refractivity contribution in [2.75, 3.05) is 24.3 Å². The van der Waals surface area contributed by atoms with E-state index in [1.165, 1.54) is 6.92 Å². The molecule has 0 radical (unpaired) electrons. The lowest BCUT2D eigenvalue weighted by molar-refractivity contribution is -0.119. The predicted molar refractivity (Wildman–Crippen MR) is 66.7 cm³/mol. The molecule has 6 heteroatoms. The van der Waals surface area contributed by atoms with Crippen LogP contribution in [0.5, 0.6) is 0 Å². The molecule has 0 atom stereocenters. The molecule has 0 fully saturated rings. The van der Waals surface area contributed by atoms with Crippen LogP contribution in [0.15, 0.2) is 24.3 Å². The number of hydrazine groups is 1. The molecular weight excluding hydrogens is 220 g/mol. The summed E-state index contributed by atoms with van der Waals surface area (Å²) in [5, 5.41) is 2.58. The first-order valence-electron chi connectivity index (χ1n) is 5.10. The first-order valence-corrected chi connectivity index (χ1v) is 5.10. The maximum absolute atomic E-state index is 11.3. The van der Waals surface area contributed by atoms with Gasteiger partial charge >= 0.3 is 6.03 Å². The van der Waals surface area contributed by atoms with Gasteiger partial charge in [-0.1, -0.05) is 0 Å². The van der Waals surface area contributed by atoms with E-state index in [4.69, 9.17) is 0 Å². The molecule has 0 aliphatic carbocycles. The monoisotopic (exact) mass is 236 g/mol. The highest BCUT2D eigenvalue weighted by atomic mass is 16.2. The summed E-state index contributed by atoms with van der Waals surface area (Å²) in [5.41, 5.74) is 6.08. The van der Waals surface area contributed by atoms with Gasteiger partial charge in [0.2, 0.25) is 5.91 Å². The average molecular weight is 236 g/mol. The molecule has 92 valence electrons. The van der Waals surface area contributed by atoms with Gasteiger partial charge in [0.05, 0.1) is 0 Å². The van der Waals surface area contributed by atoms with Crippen molar-refractivity contribution < 1.29 is 9.59 Å². The first-order chi connectivity index (χ1) is 7.99. The number of nitrogens with zero attached hydrogens (tertiary/aromatic N) is 1. The summed E-state index contributed by atoms with van der Waals surface area (Å²) in [5.74, 6) is -0.330. The Morgan fingerprint density at radius 1 is 1.06 bits per heavy atom. The highest BCUT2D eigenvalue weighted by Crippen LogP contribution is 2.15. The molecular formula is C11H16N4O2. The summed E-state index contributed by atoms with van der Waals surface area (Å²) in [6, 6.07) is 6.84. The normalized spacial score (nSPS) is 9.35. The highest BCUT2D eigenvalue weighted by molar-refractivity contribution is 5.90. The molecule has 0 saturated heterocycles. The number of carbonyl (C=O) groups excluding carboxylic acids is 2. The molecule has 0 heterocycles. The van der Waals surface area contributed by atoms with Crippen molar-refractivity contribution in [1.29, 1.82) is 0 Å². The van der Waals surface area contributed by atoms with Gasteiger partial charge in [0.15, 0.2) is 0 Å². The number of hydrogen-bond donors (Lipinski definition) is 3. The molecule has 0 bridgehead atoms. The fraction of sp³-hybridized carbons (Fsp3) is 0.273. The van der Waals surface area contributed by atoms with Crippen molar-refractivity contribution in [2.24, 2.45) is 0 Å². The maximum atomic E-state index is 11.3. The molecule has 3 N–H and O–H groups in total. The number of nitrogens with one attached hydrogen (secondary N) is 3. The molecule has 0 aromatic heterocycles. The Bertz CT molecular complexity index is 400. The van der Waals surface area contributed by atoms with E-state index in [-0.39, 0.29) is 5.91 Å². The van der Waals surface area contributed by atoms with Gasteiger partial charge < -0.3 is 10.2 Å². The van der Waals surface area contributed by atoms with Gasteiger partial charge in [-0.2, -0.15) is 0 Å². The van der Waals surface area contributed by atoms with E-state index in [2.05, 4.69) is 16.2 Å². The molecule has 0 spiro atoms. The third-order valence-corrected chi connectivity index (χ3v) is 1.99. The van der Waals surface area contributed by atoms with E-state index in [1.54, 1.807) is 12.1 Å². The van der Waals surface area contributed by atoms with Crippen LogP contribution < -0.4 is 21.1 Å². The van der Waals surface area contributed by atoms with E-state index in [9.17, 15) is 9.59 Å². The van der Waals surface area contributed by atoms with Gasteiger partial charge in [-0.15, -0.1) is 0 Å². The minimum absolute atomic E-state index is 0.330. The zero-order valence-electron chi connectivity index (χ0n) is 10.1. The number of amides is 3. The summed E-state index contributed by atoms with van der Waals surface area (Å²) >= 11 is 0. The van der Waals surface area contributed by atoms with Crippen LogP contribution in [0.2, 0.25) is 0 Å². The standard InChI is InChI=1S/C11H16N4O2/c1-8(16)13-14-11(17)12-9-4-6-10(7-5-9)15(2)3/h4-7H,1-3H3,(H,13,16)(H2,12,14,17). The zero-order chi connectivity index (χ0) is 12.8. The van der Waals surface area contributed by atoms with E-state index in [0.29, 0.717) is 5.69 Å². The smallest absolute Gasteiger partial charge is 0.337 e. The second kappa shape index (κ2) is 5.74. The number of benzene rings is 1. The molecule has 17 heavy (non-hydrogen) atoms. The molecule has 0 unspecified atom stereocenters. The van der Waals surface area contributed by atoms with Crippen molar-refractivity contribution >= 4 is 23.3 Å². The Labute approximate surface area is 100.0 Å². The van der Waals surface area contributed by atoms with E-state index in [0.717, 1.165) is 5.69 Å². The van der Waals surface area contributed by atoms with Gasteiger partial charge in [0.1, 0.15) is 0 Å². The summed E-state index contributed by atoms with van der Waals surface area (Å²) < 4.78 is 0. The quantitative estimate of drug-likeness (QED) is 0.669. The minimum Gasteiger partial charge on any atom is -0.378 e. The molecule has 1 aromatic carbocycles. The van der Waals surface area contributed by atoms with Crippen LogP contribution >= 0.6 is 0 Å². The molecule has 3 amide bonds. The molecule has 0 aliphatic rings. The Balaban J connectivity index is 2.51. The lowest BCUT2D eigenvalue weighted by Crippen LogP contribution is -2.42. The summed E-state index contributed by atoms with van der Waals surface area (Å²) in [6.45, 7) is 1.31.